The van der Waals surface area contributed by atoms with Crippen LogP contribution in [0.2, 0.25) is 0 Å². The molecule has 0 saturated heterocycles. The zero-order chi connectivity index (χ0) is 16.1. The second-order valence-electron chi connectivity index (χ2n) is 5.21. The summed E-state index contributed by atoms with van der Waals surface area (Å²) < 4.78 is 0. The molecule has 4 nitrogen and oxygen atoms in total. The highest BCUT2D eigenvalue weighted by atomic mass is 32.1. The largest absolute Gasteiger partial charge is 0.304 e. The SMILES string of the molecule is C[C@H](NCc1nnc(-c2ccccc2)s1)c1cccc(C#N)c1. The summed E-state index contributed by atoms with van der Waals surface area (Å²) in [5, 5.41) is 22.8. The van der Waals surface area contributed by atoms with Crippen molar-refractivity contribution < 1.29 is 0 Å². The van der Waals surface area contributed by atoms with Gasteiger partial charge in [-0.05, 0) is 24.6 Å². The van der Waals surface area contributed by atoms with Crippen molar-refractivity contribution in [2.75, 3.05) is 0 Å². The molecule has 1 atom stereocenters. The van der Waals surface area contributed by atoms with Crippen LogP contribution in [0.1, 0.15) is 29.1 Å². The Labute approximate surface area is 139 Å². The molecule has 5 heteroatoms. The Bertz CT molecular complexity index is 820. The van der Waals surface area contributed by atoms with Gasteiger partial charge in [-0.2, -0.15) is 5.26 Å². The summed E-state index contributed by atoms with van der Waals surface area (Å²) in [5.74, 6) is 0. The van der Waals surface area contributed by atoms with Gasteiger partial charge in [-0.15, -0.1) is 10.2 Å². The van der Waals surface area contributed by atoms with Crippen LogP contribution in [0.5, 0.6) is 0 Å². The van der Waals surface area contributed by atoms with E-state index in [0.717, 1.165) is 21.1 Å². The molecule has 1 aromatic heterocycles. The Morgan fingerprint density at radius 1 is 1.13 bits per heavy atom. The molecule has 0 spiro atoms. The average Bonchev–Trinajstić information content (AvgIpc) is 3.09. The van der Waals surface area contributed by atoms with Crippen LogP contribution in [0.4, 0.5) is 0 Å². The molecule has 0 amide bonds. The lowest BCUT2D eigenvalue weighted by Crippen LogP contribution is -2.18. The van der Waals surface area contributed by atoms with Crippen molar-refractivity contribution in [2.45, 2.75) is 19.5 Å². The number of aromatic nitrogens is 2. The molecule has 0 radical (unpaired) electrons. The Morgan fingerprint density at radius 3 is 2.74 bits per heavy atom. The first-order valence-electron chi connectivity index (χ1n) is 7.37. The molecule has 0 saturated carbocycles. The summed E-state index contributed by atoms with van der Waals surface area (Å²) in [6, 6.07) is 20.0. The molecule has 0 aliphatic carbocycles. The highest BCUT2D eigenvalue weighted by molar-refractivity contribution is 7.14. The third-order valence-corrected chi connectivity index (χ3v) is 4.54. The number of benzene rings is 2. The van der Waals surface area contributed by atoms with Crippen LogP contribution in [0.15, 0.2) is 54.6 Å². The lowest BCUT2D eigenvalue weighted by Gasteiger charge is -2.13. The first-order valence-corrected chi connectivity index (χ1v) is 8.19. The van der Waals surface area contributed by atoms with Gasteiger partial charge in [0, 0.05) is 11.6 Å². The highest BCUT2D eigenvalue weighted by Gasteiger charge is 2.09. The van der Waals surface area contributed by atoms with Crippen molar-refractivity contribution in [2.24, 2.45) is 0 Å². The second-order valence-corrected chi connectivity index (χ2v) is 6.27. The van der Waals surface area contributed by atoms with Gasteiger partial charge in [0.1, 0.15) is 10.0 Å². The van der Waals surface area contributed by atoms with E-state index in [9.17, 15) is 0 Å². The number of nitriles is 1. The van der Waals surface area contributed by atoms with Crippen LogP contribution in [0.25, 0.3) is 10.6 Å². The maximum absolute atomic E-state index is 8.98. The van der Waals surface area contributed by atoms with Gasteiger partial charge < -0.3 is 5.32 Å². The molecule has 3 rings (SSSR count). The van der Waals surface area contributed by atoms with E-state index in [1.807, 2.05) is 54.6 Å². The van der Waals surface area contributed by atoms with E-state index in [1.165, 1.54) is 0 Å². The predicted octanol–water partition coefficient (Wildman–Crippen LogP) is 3.93. The summed E-state index contributed by atoms with van der Waals surface area (Å²) in [7, 11) is 0. The topological polar surface area (TPSA) is 61.6 Å². The maximum Gasteiger partial charge on any atom is 0.147 e. The molecule has 0 unspecified atom stereocenters. The highest BCUT2D eigenvalue weighted by Crippen LogP contribution is 2.23. The summed E-state index contributed by atoms with van der Waals surface area (Å²) >= 11 is 1.59. The Kier molecular flexibility index (Phi) is 4.77. The van der Waals surface area contributed by atoms with Gasteiger partial charge in [0.05, 0.1) is 18.2 Å². The Hall–Kier alpha value is -2.55. The number of hydrogen-bond acceptors (Lipinski definition) is 5. The molecule has 1 heterocycles. The molecule has 23 heavy (non-hydrogen) atoms. The van der Waals surface area contributed by atoms with E-state index >= 15 is 0 Å². The van der Waals surface area contributed by atoms with Crippen molar-refractivity contribution in [3.8, 4) is 16.6 Å². The van der Waals surface area contributed by atoms with Crippen molar-refractivity contribution >= 4 is 11.3 Å². The first-order chi connectivity index (χ1) is 11.3. The second kappa shape index (κ2) is 7.14. The van der Waals surface area contributed by atoms with E-state index in [4.69, 9.17) is 5.26 Å². The lowest BCUT2D eigenvalue weighted by molar-refractivity contribution is 0.571. The fourth-order valence-corrected chi connectivity index (χ4v) is 3.05. The summed E-state index contributed by atoms with van der Waals surface area (Å²) in [5.41, 5.74) is 2.86. The molecular formula is C18H16N4S. The lowest BCUT2D eigenvalue weighted by atomic mass is 10.1. The van der Waals surface area contributed by atoms with Crippen LogP contribution in [0.3, 0.4) is 0 Å². The molecular weight excluding hydrogens is 304 g/mol. The van der Waals surface area contributed by atoms with E-state index in [1.54, 1.807) is 11.3 Å². The van der Waals surface area contributed by atoms with Crippen LogP contribution < -0.4 is 5.32 Å². The van der Waals surface area contributed by atoms with Crippen LogP contribution in [-0.4, -0.2) is 10.2 Å². The average molecular weight is 320 g/mol. The molecule has 114 valence electrons. The van der Waals surface area contributed by atoms with E-state index in [0.29, 0.717) is 12.1 Å². The molecule has 0 aliphatic heterocycles. The summed E-state index contributed by atoms with van der Waals surface area (Å²) in [6.07, 6.45) is 0. The van der Waals surface area contributed by atoms with Crippen molar-refractivity contribution in [1.82, 2.24) is 15.5 Å². The minimum atomic E-state index is 0.146. The Morgan fingerprint density at radius 2 is 1.96 bits per heavy atom. The Balaban J connectivity index is 1.64. The summed E-state index contributed by atoms with van der Waals surface area (Å²) in [6.45, 7) is 2.73. The third-order valence-electron chi connectivity index (χ3n) is 3.56. The van der Waals surface area contributed by atoms with E-state index < -0.39 is 0 Å². The van der Waals surface area contributed by atoms with Crippen LogP contribution >= 0.6 is 11.3 Å². The molecule has 0 fully saturated rings. The molecule has 3 aromatic rings. The van der Waals surface area contributed by atoms with Crippen molar-refractivity contribution in [3.63, 3.8) is 0 Å². The van der Waals surface area contributed by atoms with Crippen LogP contribution in [-0.2, 0) is 6.54 Å². The third kappa shape index (κ3) is 3.81. The van der Waals surface area contributed by atoms with Crippen LogP contribution in [0, 0.1) is 11.3 Å². The molecule has 0 bridgehead atoms. The summed E-state index contributed by atoms with van der Waals surface area (Å²) in [4.78, 5) is 0. The van der Waals surface area contributed by atoms with Gasteiger partial charge in [-0.25, -0.2) is 0 Å². The van der Waals surface area contributed by atoms with Gasteiger partial charge in [-0.3, -0.25) is 0 Å². The quantitative estimate of drug-likeness (QED) is 0.774. The first kappa shape index (κ1) is 15.3. The number of nitrogens with zero attached hydrogens (tertiary/aromatic N) is 3. The standard InChI is InChI=1S/C18H16N4S/c1-13(16-9-5-6-14(10-16)11-19)20-12-17-21-22-18(23-17)15-7-3-2-4-8-15/h2-10,13,20H,12H2,1H3/t13-/m0/s1. The van der Waals surface area contributed by atoms with Gasteiger partial charge in [-0.1, -0.05) is 53.8 Å². The monoisotopic (exact) mass is 320 g/mol. The number of rotatable bonds is 5. The zero-order valence-electron chi connectivity index (χ0n) is 12.7. The maximum atomic E-state index is 8.98. The molecule has 2 aromatic carbocycles. The van der Waals surface area contributed by atoms with E-state index in [-0.39, 0.29) is 6.04 Å². The fraction of sp³-hybridized carbons (Fsp3) is 0.167. The predicted molar refractivity (Wildman–Crippen MR) is 91.8 cm³/mol. The smallest absolute Gasteiger partial charge is 0.147 e. The normalized spacial score (nSPS) is 11.8. The fourth-order valence-electron chi connectivity index (χ4n) is 2.26. The van der Waals surface area contributed by atoms with Gasteiger partial charge in [0.15, 0.2) is 0 Å². The van der Waals surface area contributed by atoms with Crippen molar-refractivity contribution in [3.05, 3.63) is 70.7 Å². The number of nitrogens with one attached hydrogen (secondary N) is 1. The van der Waals surface area contributed by atoms with E-state index in [2.05, 4.69) is 28.5 Å². The molecule has 0 aliphatic rings. The van der Waals surface area contributed by atoms with Crippen molar-refractivity contribution in [1.29, 1.82) is 5.26 Å². The molecule has 1 N–H and O–H groups in total. The minimum absolute atomic E-state index is 0.146. The zero-order valence-corrected chi connectivity index (χ0v) is 13.5. The number of hydrogen-bond donors (Lipinski definition) is 1. The van der Waals surface area contributed by atoms with Gasteiger partial charge >= 0.3 is 0 Å². The van der Waals surface area contributed by atoms with Gasteiger partial charge in [0.25, 0.3) is 0 Å². The van der Waals surface area contributed by atoms with Gasteiger partial charge in [0.2, 0.25) is 0 Å². The minimum Gasteiger partial charge on any atom is -0.304 e.